The molecule has 1 rings (SSSR count). The molecule has 0 radical (unpaired) electrons. The third-order valence-electron chi connectivity index (χ3n) is 2.29. The second kappa shape index (κ2) is 7.68. The number of rotatable bonds is 7. The highest BCUT2D eigenvalue weighted by Crippen LogP contribution is 2.13. The van der Waals surface area contributed by atoms with Crippen LogP contribution in [0, 0.1) is 0 Å². The van der Waals surface area contributed by atoms with E-state index in [-0.39, 0.29) is 5.97 Å². The Kier molecular flexibility index (Phi) is 6.10. The fourth-order valence-corrected chi connectivity index (χ4v) is 1.34. The van der Waals surface area contributed by atoms with E-state index in [1.165, 1.54) is 7.11 Å². The van der Waals surface area contributed by atoms with Gasteiger partial charge in [0.05, 0.1) is 19.3 Å². The molecule has 0 spiro atoms. The predicted octanol–water partition coefficient (Wildman–Crippen LogP) is 2.28. The van der Waals surface area contributed by atoms with E-state index >= 15 is 0 Å². The fraction of sp³-hybridized carbons (Fsp3) is 0.462. The lowest BCUT2D eigenvalue weighted by molar-refractivity contribution is 0.0600. The first-order chi connectivity index (χ1) is 8.27. The third kappa shape index (κ3) is 4.87. The van der Waals surface area contributed by atoms with Crippen LogP contribution in [0.15, 0.2) is 24.3 Å². The Morgan fingerprint density at radius 3 is 2.29 bits per heavy atom. The highest BCUT2D eigenvalue weighted by Gasteiger charge is 2.04. The van der Waals surface area contributed by atoms with E-state index in [1.807, 2.05) is 0 Å². The van der Waals surface area contributed by atoms with Gasteiger partial charge in [0.15, 0.2) is 0 Å². The summed E-state index contributed by atoms with van der Waals surface area (Å²) in [5.74, 6) is 0.423. The summed E-state index contributed by atoms with van der Waals surface area (Å²) in [5, 5.41) is 0. The van der Waals surface area contributed by atoms with Crippen molar-refractivity contribution in [3.63, 3.8) is 0 Å². The third-order valence-corrected chi connectivity index (χ3v) is 2.29. The van der Waals surface area contributed by atoms with Crippen LogP contribution in [0.25, 0.3) is 0 Å². The van der Waals surface area contributed by atoms with Crippen molar-refractivity contribution in [2.45, 2.75) is 12.8 Å². The lowest BCUT2D eigenvalue weighted by Gasteiger charge is -2.06. The van der Waals surface area contributed by atoms with Crippen LogP contribution in [0.2, 0.25) is 0 Å². The van der Waals surface area contributed by atoms with Gasteiger partial charge in [0.25, 0.3) is 0 Å². The smallest absolute Gasteiger partial charge is 0.337 e. The molecule has 0 saturated carbocycles. The minimum atomic E-state index is -0.336. The Hall–Kier alpha value is -1.55. The maximum absolute atomic E-state index is 11.2. The summed E-state index contributed by atoms with van der Waals surface area (Å²) in [5.41, 5.74) is 0.527. The predicted molar refractivity (Wildman–Crippen MR) is 64.4 cm³/mol. The molecule has 0 amide bonds. The topological polar surface area (TPSA) is 44.8 Å². The van der Waals surface area contributed by atoms with Crippen LogP contribution < -0.4 is 4.74 Å². The molecule has 0 heterocycles. The maximum atomic E-state index is 11.2. The molecule has 0 fully saturated rings. The van der Waals surface area contributed by atoms with Crippen LogP contribution in [0.1, 0.15) is 23.2 Å². The molecule has 0 aromatic heterocycles. The number of hydrogen-bond acceptors (Lipinski definition) is 4. The van der Waals surface area contributed by atoms with E-state index in [0.29, 0.717) is 12.2 Å². The molecule has 0 aliphatic heterocycles. The molecule has 1 aromatic carbocycles. The molecule has 4 nitrogen and oxygen atoms in total. The zero-order valence-electron chi connectivity index (χ0n) is 10.3. The lowest BCUT2D eigenvalue weighted by atomic mass is 10.2. The average molecular weight is 238 g/mol. The molecule has 0 saturated heterocycles. The first kappa shape index (κ1) is 13.5. The second-order valence-corrected chi connectivity index (χ2v) is 3.56. The number of methoxy groups -OCH3 is 2. The fourth-order valence-electron chi connectivity index (χ4n) is 1.34. The van der Waals surface area contributed by atoms with E-state index in [0.717, 1.165) is 25.2 Å². The Morgan fingerprint density at radius 1 is 1.06 bits per heavy atom. The standard InChI is InChI=1S/C13H18O4/c1-15-9-3-4-10-17-12-7-5-11(6-8-12)13(14)16-2/h5-8H,3-4,9-10H2,1-2H3. The largest absolute Gasteiger partial charge is 0.494 e. The van der Waals surface area contributed by atoms with Gasteiger partial charge in [-0.2, -0.15) is 0 Å². The molecule has 4 heteroatoms. The van der Waals surface area contributed by atoms with Crippen molar-refractivity contribution >= 4 is 5.97 Å². The van der Waals surface area contributed by atoms with Crippen LogP contribution in [-0.2, 0) is 9.47 Å². The van der Waals surface area contributed by atoms with Gasteiger partial charge in [-0.25, -0.2) is 4.79 Å². The van der Waals surface area contributed by atoms with Crippen LogP contribution in [-0.4, -0.2) is 33.4 Å². The average Bonchev–Trinajstić information content (AvgIpc) is 2.38. The van der Waals surface area contributed by atoms with Crippen molar-refractivity contribution in [3.05, 3.63) is 29.8 Å². The van der Waals surface area contributed by atoms with Gasteiger partial charge in [0.2, 0.25) is 0 Å². The van der Waals surface area contributed by atoms with E-state index in [9.17, 15) is 4.79 Å². The highest BCUT2D eigenvalue weighted by molar-refractivity contribution is 5.89. The molecular formula is C13H18O4. The van der Waals surface area contributed by atoms with Crippen LogP contribution in [0.4, 0.5) is 0 Å². The second-order valence-electron chi connectivity index (χ2n) is 3.56. The Labute approximate surface area is 101 Å². The van der Waals surface area contributed by atoms with Gasteiger partial charge in [-0.1, -0.05) is 0 Å². The summed E-state index contributed by atoms with van der Waals surface area (Å²) < 4.78 is 15.1. The number of ether oxygens (including phenoxy) is 3. The van der Waals surface area contributed by atoms with E-state index in [1.54, 1.807) is 31.4 Å². The molecular weight excluding hydrogens is 220 g/mol. The minimum absolute atomic E-state index is 0.336. The number of carbonyl (C=O) groups excluding carboxylic acids is 1. The quantitative estimate of drug-likeness (QED) is 0.540. The van der Waals surface area contributed by atoms with E-state index in [4.69, 9.17) is 9.47 Å². The zero-order valence-corrected chi connectivity index (χ0v) is 10.3. The van der Waals surface area contributed by atoms with Gasteiger partial charge in [0.1, 0.15) is 5.75 Å². The van der Waals surface area contributed by atoms with Crippen molar-refractivity contribution < 1.29 is 19.0 Å². The zero-order chi connectivity index (χ0) is 12.5. The Bertz CT molecular complexity index is 332. The maximum Gasteiger partial charge on any atom is 0.337 e. The monoisotopic (exact) mass is 238 g/mol. The van der Waals surface area contributed by atoms with Crippen molar-refractivity contribution in [1.82, 2.24) is 0 Å². The number of hydrogen-bond donors (Lipinski definition) is 0. The van der Waals surface area contributed by atoms with E-state index in [2.05, 4.69) is 4.74 Å². The van der Waals surface area contributed by atoms with Gasteiger partial charge < -0.3 is 14.2 Å². The molecule has 0 bridgehead atoms. The first-order valence-corrected chi connectivity index (χ1v) is 5.58. The van der Waals surface area contributed by atoms with Gasteiger partial charge in [-0.05, 0) is 37.1 Å². The summed E-state index contributed by atoms with van der Waals surface area (Å²) in [6.07, 6.45) is 1.93. The van der Waals surface area contributed by atoms with Crippen LogP contribution in [0.3, 0.4) is 0 Å². The minimum Gasteiger partial charge on any atom is -0.494 e. The van der Waals surface area contributed by atoms with Crippen molar-refractivity contribution in [1.29, 1.82) is 0 Å². The molecule has 0 unspecified atom stereocenters. The van der Waals surface area contributed by atoms with Crippen molar-refractivity contribution in [2.24, 2.45) is 0 Å². The van der Waals surface area contributed by atoms with Gasteiger partial charge in [0, 0.05) is 13.7 Å². The van der Waals surface area contributed by atoms with Gasteiger partial charge >= 0.3 is 5.97 Å². The Morgan fingerprint density at radius 2 is 1.71 bits per heavy atom. The number of esters is 1. The van der Waals surface area contributed by atoms with E-state index < -0.39 is 0 Å². The Balaban J connectivity index is 2.33. The molecule has 17 heavy (non-hydrogen) atoms. The number of carbonyl (C=O) groups is 1. The summed E-state index contributed by atoms with van der Waals surface area (Å²) >= 11 is 0. The summed E-state index contributed by atoms with van der Waals surface area (Å²) in [4.78, 5) is 11.2. The van der Waals surface area contributed by atoms with Gasteiger partial charge in [-0.3, -0.25) is 0 Å². The lowest BCUT2D eigenvalue weighted by Crippen LogP contribution is -2.02. The number of benzene rings is 1. The molecule has 0 atom stereocenters. The van der Waals surface area contributed by atoms with Crippen molar-refractivity contribution in [3.8, 4) is 5.75 Å². The molecule has 1 aromatic rings. The van der Waals surface area contributed by atoms with Gasteiger partial charge in [-0.15, -0.1) is 0 Å². The highest BCUT2D eigenvalue weighted by atomic mass is 16.5. The SMILES string of the molecule is COCCCCOc1ccc(C(=O)OC)cc1. The van der Waals surface area contributed by atoms with Crippen molar-refractivity contribution in [2.75, 3.05) is 27.4 Å². The molecule has 94 valence electrons. The normalized spacial score (nSPS) is 10.0. The van der Waals surface area contributed by atoms with Crippen LogP contribution >= 0.6 is 0 Å². The molecule has 0 aliphatic rings. The molecule has 0 N–H and O–H groups in total. The summed E-state index contributed by atoms with van der Waals surface area (Å²) in [6.45, 7) is 1.41. The summed E-state index contributed by atoms with van der Waals surface area (Å²) in [6, 6.07) is 6.91. The number of unbranched alkanes of at least 4 members (excludes halogenated alkanes) is 1. The van der Waals surface area contributed by atoms with Crippen LogP contribution in [0.5, 0.6) is 5.75 Å². The first-order valence-electron chi connectivity index (χ1n) is 5.58. The summed E-state index contributed by atoms with van der Waals surface area (Å²) in [7, 11) is 3.05. The molecule has 0 aliphatic carbocycles.